The lowest BCUT2D eigenvalue weighted by molar-refractivity contribution is 0.00730. The molecule has 66 valence electrons. The Hall–Kier alpha value is -0.580. The molecule has 1 nitrogen and oxygen atoms in total. The normalized spacial score (nSPS) is 45.7. The molecule has 0 amide bonds. The van der Waals surface area contributed by atoms with Crippen molar-refractivity contribution < 1.29 is 4.39 Å². The zero-order valence-electron chi connectivity index (χ0n) is 7.27. The van der Waals surface area contributed by atoms with Crippen molar-refractivity contribution in [2.45, 2.75) is 38.5 Å². The maximum Gasteiger partial charge on any atom is 0.0950 e. The van der Waals surface area contributed by atoms with Gasteiger partial charge in [0.25, 0.3) is 0 Å². The molecule has 0 heterocycles. The molecule has 0 unspecified atom stereocenters. The molecule has 0 aromatic heterocycles. The van der Waals surface area contributed by atoms with E-state index in [2.05, 4.69) is 6.07 Å². The van der Waals surface area contributed by atoms with Crippen LogP contribution < -0.4 is 0 Å². The fraction of sp³-hybridized carbons (Fsp3) is 0.900. The van der Waals surface area contributed by atoms with Crippen LogP contribution in [-0.4, -0.2) is 6.67 Å². The Morgan fingerprint density at radius 2 is 1.58 bits per heavy atom. The molecule has 3 saturated carbocycles. The first kappa shape index (κ1) is 8.04. The summed E-state index contributed by atoms with van der Waals surface area (Å²) >= 11 is 0. The highest BCUT2D eigenvalue weighted by atomic mass is 19.1. The van der Waals surface area contributed by atoms with Crippen LogP contribution in [0.4, 0.5) is 4.39 Å². The first-order valence-electron chi connectivity index (χ1n) is 4.72. The molecule has 3 aliphatic carbocycles. The highest BCUT2D eigenvalue weighted by Gasteiger charge is 2.48. The van der Waals surface area contributed by atoms with Crippen molar-refractivity contribution in [2.24, 2.45) is 10.8 Å². The molecule has 0 saturated heterocycles. The lowest BCUT2D eigenvalue weighted by Crippen LogP contribution is -2.41. The van der Waals surface area contributed by atoms with E-state index in [4.69, 9.17) is 5.26 Å². The van der Waals surface area contributed by atoms with Crippen molar-refractivity contribution in [1.29, 1.82) is 5.26 Å². The van der Waals surface area contributed by atoms with Crippen LogP contribution in [0.15, 0.2) is 0 Å². The van der Waals surface area contributed by atoms with Crippen LogP contribution in [0, 0.1) is 22.2 Å². The summed E-state index contributed by atoms with van der Waals surface area (Å²) in [6.07, 6.45) is 5.64. The molecule has 0 radical (unpaired) electrons. The van der Waals surface area contributed by atoms with E-state index in [0.29, 0.717) is 0 Å². The van der Waals surface area contributed by atoms with E-state index in [0.717, 1.165) is 38.5 Å². The number of nitriles is 1. The first-order valence-corrected chi connectivity index (χ1v) is 4.72. The number of fused-ring (bicyclic) bond motifs is 3. The minimum atomic E-state index is -0.172. The van der Waals surface area contributed by atoms with Gasteiger partial charge in [-0.05, 0) is 43.9 Å². The fourth-order valence-electron chi connectivity index (χ4n) is 2.63. The highest BCUT2D eigenvalue weighted by molar-refractivity contribution is 5.09. The lowest BCUT2D eigenvalue weighted by atomic mass is 9.55. The molecule has 0 spiro atoms. The largest absolute Gasteiger partial charge is 0.250 e. The van der Waals surface area contributed by atoms with Gasteiger partial charge in [-0.25, -0.2) is 0 Å². The summed E-state index contributed by atoms with van der Waals surface area (Å²) in [6, 6.07) is 2.42. The van der Waals surface area contributed by atoms with Crippen molar-refractivity contribution in [3.63, 3.8) is 0 Å². The molecule has 3 rings (SSSR count). The Morgan fingerprint density at radius 3 is 1.92 bits per heavy atom. The molecular weight excluding hydrogens is 153 g/mol. The maximum absolute atomic E-state index is 12.7. The summed E-state index contributed by atoms with van der Waals surface area (Å²) in [6.45, 7) is -0.172. The van der Waals surface area contributed by atoms with Gasteiger partial charge in [0.2, 0.25) is 0 Å². The van der Waals surface area contributed by atoms with Gasteiger partial charge in [0.1, 0.15) is 0 Å². The molecular formula is C10H14FN. The topological polar surface area (TPSA) is 23.8 Å². The van der Waals surface area contributed by atoms with Gasteiger partial charge in [0.15, 0.2) is 0 Å². The van der Waals surface area contributed by atoms with E-state index in [1.54, 1.807) is 0 Å². The van der Waals surface area contributed by atoms with Crippen LogP contribution in [-0.2, 0) is 0 Å². The molecule has 0 aliphatic heterocycles. The van der Waals surface area contributed by atoms with Gasteiger partial charge >= 0.3 is 0 Å². The van der Waals surface area contributed by atoms with E-state index in [1.807, 2.05) is 0 Å². The number of nitrogens with zero attached hydrogens (tertiary/aromatic N) is 1. The van der Waals surface area contributed by atoms with E-state index in [-0.39, 0.29) is 17.5 Å². The van der Waals surface area contributed by atoms with Crippen LogP contribution in [0.25, 0.3) is 0 Å². The molecule has 12 heavy (non-hydrogen) atoms. The molecule has 2 bridgehead atoms. The monoisotopic (exact) mass is 167 g/mol. The van der Waals surface area contributed by atoms with Crippen molar-refractivity contribution in [1.82, 2.24) is 0 Å². The second-order valence-corrected chi connectivity index (χ2v) is 4.53. The SMILES string of the molecule is N#CC12CCC(CF)(CC1)CC2. The summed E-state index contributed by atoms with van der Waals surface area (Å²) in [5.74, 6) is 0. The first-order chi connectivity index (χ1) is 5.74. The van der Waals surface area contributed by atoms with Gasteiger partial charge in [-0.1, -0.05) is 0 Å². The van der Waals surface area contributed by atoms with E-state index in [9.17, 15) is 4.39 Å². The zero-order valence-corrected chi connectivity index (χ0v) is 7.27. The second kappa shape index (κ2) is 2.45. The lowest BCUT2D eigenvalue weighted by Gasteiger charge is -2.49. The molecule has 0 N–H and O–H groups in total. The molecule has 3 fully saturated rings. The van der Waals surface area contributed by atoms with Gasteiger partial charge in [0, 0.05) is 0 Å². The number of alkyl halides is 1. The standard InChI is InChI=1S/C10H14FN/c11-7-9-1-4-10(8-12,5-2-9)6-3-9/h1-7H2. The molecule has 3 aliphatic rings. The number of rotatable bonds is 1. The summed E-state index contributed by atoms with van der Waals surface area (Å²) < 4.78 is 12.7. The van der Waals surface area contributed by atoms with E-state index in [1.165, 1.54) is 0 Å². The zero-order chi connectivity index (χ0) is 8.66. The number of halogens is 1. The predicted molar refractivity (Wildman–Crippen MR) is 44.2 cm³/mol. The average molecular weight is 167 g/mol. The predicted octanol–water partition coefficient (Wildman–Crippen LogP) is 2.82. The van der Waals surface area contributed by atoms with Crippen molar-refractivity contribution >= 4 is 0 Å². The van der Waals surface area contributed by atoms with Crippen molar-refractivity contribution in [2.75, 3.05) is 6.67 Å². The Labute approximate surface area is 72.6 Å². The average Bonchev–Trinajstić information content (AvgIpc) is 2.21. The van der Waals surface area contributed by atoms with Crippen LogP contribution in [0.2, 0.25) is 0 Å². The minimum absolute atomic E-state index is 0.0153. The summed E-state index contributed by atoms with van der Waals surface area (Å²) in [5.41, 5.74) is -0.0739. The molecule has 2 heteroatoms. The fourth-order valence-corrected chi connectivity index (χ4v) is 2.63. The van der Waals surface area contributed by atoms with Gasteiger partial charge in [-0.15, -0.1) is 0 Å². The molecule has 0 aromatic rings. The Balaban J connectivity index is 2.15. The third kappa shape index (κ3) is 0.957. The Kier molecular flexibility index (Phi) is 1.64. The molecule has 0 atom stereocenters. The van der Waals surface area contributed by atoms with Gasteiger partial charge in [0.05, 0.1) is 18.2 Å². The van der Waals surface area contributed by atoms with Crippen LogP contribution in [0.5, 0.6) is 0 Å². The third-order valence-corrected chi connectivity index (χ3v) is 3.92. The maximum atomic E-state index is 12.7. The van der Waals surface area contributed by atoms with Crippen LogP contribution >= 0.6 is 0 Å². The summed E-state index contributed by atoms with van der Waals surface area (Å²) in [5, 5.41) is 8.98. The smallest absolute Gasteiger partial charge is 0.0950 e. The third-order valence-electron chi connectivity index (χ3n) is 3.92. The summed E-state index contributed by atoms with van der Waals surface area (Å²) in [7, 11) is 0. The second-order valence-electron chi connectivity index (χ2n) is 4.53. The Morgan fingerprint density at radius 1 is 1.08 bits per heavy atom. The van der Waals surface area contributed by atoms with E-state index >= 15 is 0 Å². The van der Waals surface area contributed by atoms with Gasteiger partial charge < -0.3 is 0 Å². The summed E-state index contributed by atoms with van der Waals surface area (Å²) in [4.78, 5) is 0. The van der Waals surface area contributed by atoms with Crippen LogP contribution in [0.3, 0.4) is 0 Å². The highest BCUT2D eigenvalue weighted by Crippen LogP contribution is 2.56. The minimum Gasteiger partial charge on any atom is -0.250 e. The quantitative estimate of drug-likeness (QED) is 0.589. The number of hydrogen-bond donors (Lipinski definition) is 0. The van der Waals surface area contributed by atoms with Gasteiger partial charge in [-0.2, -0.15) is 5.26 Å². The van der Waals surface area contributed by atoms with Crippen molar-refractivity contribution in [3.05, 3.63) is 0 Å². The van der Waals surface area contributed by atoms with Crippen molar-refractivity contribution in [3.8, 4) is 6.07 Å². The number of hydrogen-bond acceptors (Lipinski definition) is 1. The Bertz CT molecular complexity index is 204. The molecule has 0 aromatic carbocycles. The van der Waals surface area contributed by atoms with Crippen LogP contribution in [0.1, 0.15) is 38.5 Å². The van der Waals surface area contributed by atoms with E-state index < -0.39 is 0 Å². The van der Waals surface area contributed by atoms with Gasteiger partial charge in [-0.3, -0.25) is 4.39 Å².